The molecule has 0 radical (unpaired) electrons. The van der Waals surface area contributed by atoms with Gasteiger partial charge < -0.3 is 7.96 Å². The molecule has 0 bridgehead atoms. The normalized spacial score (nSPS) is 9.64. The summed E-state index contributed by atoms with van der Waals surface area (Å²) in [5, 5.41) is 12.3. The van der Waals surface area contributed by atoms with E-state index in [-0.39, 0.29) is 13.0 Å². The molecular weight excluding hydrogens is 267 g/mol. The van der Waals surface area contributed by atoms with E-state index >= 15 is 0 Å². The van der Waals surface area contributed by atoms with Gasteiger partial charge in [0.2, 0.25) is 0 Å². The standard InChI is InChI=1S/C13H9N.C6H6O.Be.2H/c1-2-6-12-10(4-1)7-8-11-5-3-9-14-13(11)12;7-6-4-2-1-3-5-6;;;/h1-9H;1-5,7H;;;/q;;+2;2*-1. The maximum atomic E-state index is 8.63. The first-order valence-electron chi connectivity index (χ1n) is 6.81. The van der Waals surface area contributed by atoms with E-state index in [4.69, 9.17) is 5.11 Å². The molecule has 0 aliphatic heterocycles. The summed E-state index contributed by atoms with van der Waals surface area (Å²) in [6, 6.07) is 25.4. The van der Waals surface area contributed by atoms with E-state index < -0.39 is 0 Å². The molecule has 106 valence electrons. The molecule has 0 spiro atoms. The second kappa shape index (κ2) is 7.35. The zero-order valence-corrected chi connectivity index (χ0v) is 12.2. The number of pyridine rings is 1. The molecule has 4 rings (SSSR count). The van der Waals surface area contributed by atoms with Crippen molar-refractivity contribution < 1.29 is 7.96 Å². The van der Waals surface area contributed by atoms with Gasteiger partial charge in [0.15, 0.2) is 0 Å². The Morgan fingerprint density at radius 2 is 1.32 bits per heavy atom. The molecule has 0 amide bonds. The van der Waals surface area contributed by atoms with Gasteiger partial charge in [0.25, 0.3) is 0 Å². The molecule has 0 saturated carbocycles. The van der Waals surface area contributed by atoms with E-state index in [2.05, 4.69) is 47.4 Å². The Balaban J connectivity index is 0.000000463. The Bertz CT molecular complexity index is 817. The number of hydrogen-bond donors (Lipinski definition) is 1. The van der Waals surface area contributed by atoms with Crippen LogP contribution < -0.4 is 0 Å². The van der Waals surface area contributed by atoms with Crippen molar-refractivity contribution >= 4 is 31.8 Å². The Labute approximate surface area is 136 Å². The third-order valence-corrected chi connectivity index (χ3v) is 3.25. The van der Waals surface area contributed by atoms with Crippen LogP contribution in [0.25, 0.3) is 21.7 Å². The monoisotopic (exact) mass is 284 g/mol. The van der Waals surface area contributed by atoms with Gasteiger partial charge in [-0.1, -0.05) is 60.7 Å². The zero-order valence-electron chi connectivity index (χ0n) is 14.2. The minimum Gasteiger partial charge on any atom is -1.00 e. The molecule has 4 aromatic rings. The van der Waals surface area contributed by atoms with Crippen LogP contribution in [0.2, 0.25) is 0 Å². The molecule has 3 aromatic carbocycles. The van der Waals surface area contributed by atoms with Crippen LogP contribution in [0.4, 0.5) is 0 Å². The van der Waals surface area contributed by atoms with Gasteiger partial charge >= 0.3 is 10.1 Å². The van der Waals surface area contributed by atoms with Crippen LogP contribution in [0.1, 0.15) is 2.85 Å². The van der Waals surface area contributed by atoms with Crippen molar-refractivity contribution in [2.24, 2.45) is 0 Å². The first kappa shape index (κ1) is 15.7. The van der Waals surface area contributed by atoms with E-state index in [9.17, 15) is 0 Å². The van der Waals surface area contributed by atoms with Gasteiger partial charge in [0, 0.05) is 17.0 Å². The minimum atomic E-state index is 0. The Hall–Kier alpha value is -2.70. The van der Waals surface area contributed by atoms with Crippen molar-refractivity contribution in [2.45, 2.75) is 0 Å². The maximum absolute atomic E-state index is 8.63. The summed E-state index contributed by atoms with van der Waals surface area (Å²) in [6.07, 6.45) is 1.84. The zero-order chi connectivity index (χ0) is 14.5. The summed E-state index contributed by atoms with van der Waals surface area (Å²) in [5.41, 5.74) is 1.09. The largest absolute Gasteiger partial charge is 2.00 e. The van der Waals surface area contributed by atoms with Gasteiger partial charge in [-0.05, 0) is 23.6 Å². The molecule has 0 fully saturated rings. The van der Waals surface area contributed by atoms with Gasteiger partial charge in [0.05, 0.1) is 5.52 Å². The van der Waals surface area contributed by atoms with Gasteiger partial charge in [-0.15, -0.1) is 0 Å². The van der Waals surface area contributed by atoms with Crippen LogP contribution in [0, 0.1) is 0 Å². The summed E-state index contributed by atoms with van der Waals surface area (Å²) in [5.74, 6) is 0.322. The molecule has 0 saturated heterocycles. The van der Waals surface area contributed by atoms with Crippen LogP contribution in [0.5, 0.6) is 5.75 Å². The number of para-hydroxylation sites is 1. The predicted octanol–water partition coefficient (Wildman–Crippen LogP) is 4.62. The van der Waals surface area contributed by atoms with Crippen molar-refractivity contribution in [1.82, 2.24) is 4.98 Å². The topological polar surface area (TPSA) is 33.1 Å². The fraction of sp³-hybridized carbons (Fsp3) is 0. The molecule has 1 aromatic heterocycles. The van der Waals surface area contributed by atoms with Crippen LogP contribution in [0.3, 0.4) is 0 Å². The van der Waals surface area contributed by atoms with Crippen molar-refractivity contribution in [3.63, 3.8) is 0 Å². The molecule has 0 atom stereocenters. The molecule has 1 heterocycles. The van der Waals surface area contributed by atoms with Crippen LogP contribution in [0.15, 0.2) is 85.1 Å². The number of benzene rings is 3. The predicted molar refractivity (Wildman–Crippen MR) is 95.3 cm³/mol. The van der Waals surface area contributed by atoms with E-state index in [1.807, 2.05) is 18.3 Å². The number of nitrogens with zero attached hydrogens (tertiary/aromatic N) is 1. The first-order chi connectivity index (χ1) is 10.3. The van der Waals surface area contributed by atoms with E-state index in [0.717, 1.165) is 5.52 Å². The van der Waals surface area contributed by atoms with Gasteiger partial charge in [-0.2, -0.15) is 0 Å². The SMILES string of the molecule is Oc1ccccc1.[Be+2].[H-].[H-].c1ccc2c(c1)ccc1cccnc12. The smallest absolute Gasteiger partial charge is 1.00 e. The first-order valence-corrected chi connectivity index (χ1v) is 6.81. The summed E-state index contributed by atoms with van der Waals surface area (Å²) in [4.78, 5) is 4.41. The molecule has 0 unspecified atom stereocenters. The van der Waals surface area contributed by atoms with Crippen molar-refractivity contribution in [1.29, 1.82) is 0 Å². The van der Waals surface area contributed by atoms with E-state index in [1.54, 1.807) is 24.3 Å². The second-order valence-corrected chi connectivity index (χ2v) is 4.70. The number of aromatic hydroxyl groups is 1. The Morgan fingerprint density at radius 3 is 2.05 bits per heavy atom. The van der Waals surface area contributed by atoms with Crippen LogP contribution in [-0.4, -0.2) is 20.2 Å². The quantitative estimate of drug-likeness (QED) is 0.377. The fourth-order valence-electron chi connectivity index (χ4n) is 2.24. The number of rotatable bonds is 0. The van der Waals surface area contributed by atoms with Gasteiger partial charge in [-0.25, -0.2) is 0 Å². The number of aromatic nitrogens is 1. The summed E-state index contributed by atoms with van der Waals surface area (Å²) >= 11 is 0. The van der Waals surface area contributed by atoms with Crippen LogP contribution >= 0.6 is 0 Å². The average Bonchev–Trinajstić information content (AvgIpc) is 2.56. The second-order valence-electron chi connectivity index (χ2n) is 4.70. The molecule has 0 aliphatic rings. The molecule has 3 heteroatoms. The summed E-state index contributed by atoms with van der Waals surface area (Å²) < 4.78 is 0. The van der Waals surface area contributed by atoms with Crippen molar-refractivity contribution in [3.05, 3.63) is 85.1 Å². The Morgan fingerprint density at radius 1 is 0.682 bits per heavy atom. The summed E-state index contributed by atoms with van der Waals surface area (Å²) in [7, 11) is 0. The summed E-state index contributed by atoms with van der Waals surface area (Å²) in [6.45, 7) is 0. The Kier molecular flexibility index (Phi) is 5.24. The van der Waals surface area contributed by atoms with Crippen LogP contribution in [-0.2, 0) is 0 Å². The fourth-order valence-corrected chi connectivity index (χ4v) is 2.24. The molecule has 0 aliphatic carbocycles. The van der Waals surface area contributed by atoms with Crippen molar-refractivity contribution in [3.8, 4) is 5.75 Å². The number of phenols is 1. The van der Waals surface area contributed by atoms with E-state index in [0.29, 0.717) is 5.75 Å². The number of phenolic OH excluding ortho intramolecular Hbond substituents is 1. The van der Waals surface area contributed by atoms with Gasteiger partial charge in [0.1, 0.15) is 5.75 Å². The maximum Gasteiger partial charge on any atom is 2.00 e. The third kappa shape index (κ3) is 3.49. The molecular formula is C19H17BeNO. The third-order valence-electron chi connectivity index (χ3n) is 3.25. The number of fused-ring (bicyclic) bond motifs is 3. The molecule has 1 N–H and O–H groups in total. The van der Waals surface area contributed by atoms with E-state index in [1.165, 1.54) is 16.2 Å². The average molecular weight is 284 g/mol. The minimum absolute atomic E-state index is 0. The van der Waals surface area contributed by atoms with Gasteiger partial charge in [-0.3, -0.25) is 4.98 Å². The number of hydrogen-bond acceptors (Lipinski definition) is 2. The molecule has 2 nitrogen and oxygen atoms in total. The van der Waals surface area contributed by atoms with Crippen molar-refractivity contribution in [2.75, 3.05) is 0 Å². The molecule has 22 heavy (non-hydrogen) atoms.